The van der Waals surface area contributed by atoms with Crippen LogP contribution in [0.25, 0.3) is 16.3 Å². The number of hydrogen-bond donors (Lipinski definition) is 1. The largest absolute Gasteiger partial charge is 0.451 e. The quantitative estimate of drug-likeness (QED) is 0.410. The third kappa shape index (κ3) is 4.70. The van der Waals surface area contributed by atoms with Crippen LogP contribution in [0.15, 0.2) is 72.1 Å². The summed E-state index contributed by atoms with van der Waals surface area (Å²) in [6.45, 7) is -0.495. The van der Waals surface area contributed by atoms with Gasteiger partial charge in [0.2, 0.25) is 0 Å². The van der Waals surface area contributed by atoms with Gasteiger partial charge in [-0.25, -0.2) is 9.48 Å². The van der Waals surface area contributed by atoms with E-state index in [1.807, 2.05) is 53.9 Å². The van der Waals surface area contributed by atoms with E-state index in [-0.39, 0.29) is 10.7 Å². The van der Waals surface area contributed by atoms with Gasteiger partial charge in [-0.15, -0.1) is 11.3 Å². The summed E-state index contributed by atoms with van der Waals surface area (Å²) in [6.07, 6.45) is 0. The second kappa shape index (κ2) is 9.47. The first kappa shape index (κ1) is 21.3. The Labute approximate surface area is 192 Å². The topological polar surface area (TPSA) is 97.0 Å². The number of ether oxygens (including phenoxy) is 1. The Hall–Kier alpha value is -3.93. The summed E-state index contributed by atoms with van der Waals surface area (Å²) in [5.41, 5.74) is 2.22. The van der Waals surface area contributed by atoms with Gasteiger partial charge in [-0.2, -0.15) is 10.4 Å². The van der Waals surface area contributed by atoms with Crippen molar-refractivity contribution in [3.05, 3.63) is 88.4 Å². The first-order valence-electron chi connectivity index (χ1n) is 9.41. The highest BCUT2D eigenvalue weighted by Crippen LogP contribution is 2.26. The van der Waals surface area contributed by atoms with Crippen molar-refractivity contribution in [2.75, 3.05) is 11.9 Å². The summed E-state index contributed by atoms with van der Waals surface area (Å²) in [4.78, 5) is 25.9. The maximum atomic E-state index is 12.8. The van der Waals surface area contributed by atoms with E-state index in [1.165, 1.54) is 28.2 Å². The molecule has 7 nitrogen and oxygen atoms in total. The molecule has 0 radical (unpaired) electrons. The van der Waals surface area contributed by atoms with Gasteiger partial charge in [0.05, 0.1) is 21.2 Å². The summed E-state index contributed by atoms with van der Waals surface area (Å²) >= 11 is 7.48. The second-order valence-corrected chi connectivity index (χ2v) is 7.93. The van der Waals surface area contributed by atoms with Crippen molar-refractivity contribution in [1.29, 1.82) is 5.26 Å². The number of esters is 1. The van der Waals surface area contributed by atoms with Crippen LogP contribution in [0.4, 0.5) is 5.69 Å². The minimum atomic E-state index is -0.683. The summed E-state index contributed by atoms with van der Waals surface area (Å²) in [6, 6.07) is 21.1. The molecule has 0 bridgehead atoms. The average Bonchev–Trinajstić information content (AvgIpc) is 3.48. The van der Waals surface area contributed by atoms with Crippen LogP contribution in [0.3, 0.4) is 0 Å². The van der Waals surface area contributed by atoms with Crippen LogP contribution in [-0.2, 0) is 9.53 Å². The smallest absolute Gasteiger partial charge is 0.357 e. The van der Waals surface area contributed by atoms with Crippen LogP contribution < -0.4 is 5.32 Å². The lowest BCUT2D eigenvalue weighted by Crippen LogP contribution is -2.22. The Morgan fingerprint density at radius 1 is 1.12 bits per heavy atom. The van der Waals surface area contributed by atoms with E-state index in [2.05, 4.69) is 10.4 Å². The number of carbonyl (C=O) groups is 2. The van der Waals surface area contributed by atoms with Gasteiger partial charge in [0.25, 0.3) is 5.91 Å². The van der Waals surface area contributed by atoms with Crippen LogP contribution in [0, 0.1) is 11.3 Å². The van der Waals surface area contributed by atoms with Gasteiger partial charge in [0, 0.05) is 11.8 Å². The lowest BCUT2D eigenvalue weighted by atomic mass is 10.2. The molecule has 2 aromatic heterocycles. The molecule has 32 heavy (non-hydrogen) atoms. The molecule has 0 atom stereocenters. The molecule has 1 amide bonds. The van der Waals surface area contributed by atoms with Crippen molar-refractivity contribution in [3.63, 3.8) is 0 Å². The predicted octanol–water partition coefficient (Wildman–Crippen LogP) is 4.92. The third-order valence-corrected chi connectivity index (χ3v) is 5.61. The fourth-order valence-electron chi connectivity index (χ4n) is 2.92. The Morgan fingerprint density at radius 3 is 2.62 bits per heavy atom. The van der Waals surface area contributed by atoms with Gasteiger partial charge in [0.15, 0.2) is 12.3 Å². The first-order chi connectivity index (χ1) is 15.5. The normalized spacial score (nSPS) is 10.4. The number of nitriles is 1. The maximum absolute atomic E-state index is 12.8. The standard InChI is InChI=1S/C23H15ClN4O3S/c24-18-11-16(9-8-15(18)13-25)26-22(29)14-31-23(30)20-12-19(21-7-4-10-32-21)27-28(20)17-5-2-1-3-6-17/h1-12H,14H2,(H,26,29). The van der Waals surface area contributed by atoms with Crippen LogP contribution in [0.2, 0.25) is 5.02 Å². The SMILES string of the molecule is N#Cc1ccc(NC(=O)COC(=O)c2cc(-c3cccs3)nn2-c2ccccc2)cc1Cl. The number of benzene rings is 2. The number of thiophene rings is 1. The second-order valence-electron chi connectivity index (χ2n) is 6.57. The van der Waals surface area contributed by atoms with Crippen molar-refractivity contribution in [2.24, 2.45) is 0 Å². The molecule has 4 rings (SSSR count). The molecule has 0 aliphatic carbocycles. The third-order valence-electron chi connectivity index (χ3n) is 4.40. The summed E-state index contributed by atoms with van der Waals surface area (Å²) < 4.78 is 6.73. The molecule has 2 heterocycles. The number of nitrogens with one attached hydrogen (secondary N) is 1. The average molecular weight is 463 g/mol. The minimum absolute atomic E-state index is 0.203. The Balaban J connectivity index is 1.50. The molecule has 9 heteroatoms. The molecule has 158 valence electrons. The molecule has 2 aromatic carbocycles. The zero-order valence-electron chi connectivity index (χ0n) is 16.5. The number of rotatable bonds is 6. The lowest BCUT2D eigenvalue weighted by Gasteiger charge is -2.09. The zero-order chi connectivity index (χ0) is 22.5. The molecule has 0 aliphatic rings. The first-order valence-corrected chi connectivity index (χ1v) is 10.7. The van der Waals surface area contributed by atoms with Crippen molar-refractivity contribution in [1.82, 2.24) is 9.78 Å². The van der Waals surface area contributed by atoms with E-state index in [4.69, 9.17) is 21.6 Å². The van der Waals surface area contributed by atoms with Crippen LogP contribution in [0.1, 0.15) is 16.1 Å². The summed E-state index contributed by atoms with van der Waals surface area (Å²) in [7, 11) is 0. The van der Waals surface area contributed by atoms with E-state index in [0.717, 1.165) is 4.88 Å². The van der Waals surface area contributed by atoms with Gasteiger partial charge in [-0.3, -0.25) is 4.79 Å². The molecular formula is C23H15ClN4O3S. The van der Waals surface area contributed by atoms with Crippen molar-refractivity contribution in [3.8, 4) is 22.3 Å². The number of para-hydroxylation sites is 1. The number of anilines is 1. The van der Waals surface area contributed by atoms with Crippen LogP contribution in [0.5, 0.6) is 0 Å². The van der Waals surface area contributed by atoms with Crippen molar-refractivity contribution >= 4 is 40.5 Å². The molecular weight excluding hydrogens is 448 g/mol. The molecule has 0 fully saturated rings. The molecule has 0 aliphatic heterocycles. The maximum Gasteiger partial charge on any atom is 0.357 e. The van der Waals surface area contributed by atoms with Gasteiger partial charge in [0.1, 0.15) is 11.8 Å². The summed E-state index contributed by atoms with van der Waals surface area (Å²) in [5, 5.41) is 18.2. The van der Waals surface area contributed by atoms with Gasteiger partial charge >= 0.3 is 5.97 Å². The zero-order valence-corrected chi connectivity index (χ0v) is 18.1. The van der Waals surface area contributed by atoms with Gasteiger partial charge < -0.3 is 10.1 Å². The van der Waals surface area contributed by atoms with Crippen LogP contribution in [-0.4, -0.2) is 28.3 Å². The number of halogens is 1. The number of aromatic nitrogens is 2. The lowest BCUT2D eigenvalue weighted by molar-refractivity contribution is -0.119. The van der Waals surface area contributed by atoms with Gasteiger partial charge in [-0.1, -0.05) is 35.9 Å². The highest BCUT2D eigenvalue weighted by molar-refractivity contribution is 7.13. The minimum Gasteiger partial charge on any atom is -0.451 e. The van der Waals surface area contributed by atoms with Gasteiger partial charge in [-0.05, 0) is 41.8 Å². The Kier molecular flexibility index (Phi) is 6.31. The number of nitrogens with zero attached hydrogens (tertiary/aromatic N) is 3. The summed E-state index contributed by atoms with van der Waals surface area (Å²) in [5.74, 6) is -1.22. The highest BCUT2D eigenvalue weighted by Gasteiger charge is 2.20. The highest BCUT2D eigenvalue weighted by atomic mass is 35.5. The molecule has 0 unspecified atom stereocenters. The molecule has 0 saturated carbocycles. The fourth-order valence-corrected chi connectivity index (χ4v) is 3.83. The number of amides is 1. The Morgan fingerprint density at radius 2 is 1.94 bits per heavy atom. The molecule has 0 spiro atoms. The van der Waals surface area contributed by atoms with E-state index < -0.39 is 18.5 Å². The number of carbonyl (C=O) groups excluding carboxylic acids is 2. The predicted molar refractivity (Wildman–Crippen MR) is 122 cm³/mol. The van der Waals surface area contributed by atoms with E-state index >= 15 is 0 Å². The molecule has 1 N–H and O–H groups in total. The number of hydrogen-bond acceptors (Lipinski definition) is 6. The van der Waals surface area contributed by atoms with Crippen molar-refractivity contribution in [2.45, 2.75) is 0 Å². The monoisotopic (exact) mass is 462 g/mol. The molecule has 0 saturated heterocycles. The fraction of sp³-hybridized carbons (Fsp3) is 0.0435. The Bertz CT molecular complexity index is 1310. The van der Waals surface area contributed by atoms with E-state index in [9.17, 15) is 9.59 Å². The van der Waals surface area contributed by atoms with E-state index in [0.29, 0.717) is 22.6 Å². The van der Waals surface area contributed by atoms with E-state index in [1.54, 1.807) is 12.1 Å². The van der Waals surface area contributed by atoms with Crippen LogP contribution >= 0.6 is 22.9 Å². The van der Waals surface area contributed by atoms with Crippen molar-refractivity contribution < 1.29 is 14.3 Å². The molecule has 4 aromatic rings.